The lowest BCUT2D eigenvalue weighted by molar-refractivity contribution is -0.127. The van der Waals surface area contributed by atoms with Gasteiger partial charge in [0, 0.05) is 38.8 Å². The Balaban J connectivity index is 1.43. The van der Waals surface area contributed by atoms with Gasteiger partial charge in [0.25, 0.3) is 0 Å². The summed E-state index contributed by atoms with van der Waals surface area (Å²) in [5.41, 5.74) is 1.24. The van der Waals surface area contributed by atoms with Gasteiger partial charge in [-0.05, 0) is 31.0 Å². The van der Waals surface area contributed by atoms with Crippen LogP contribution >= 0.6 is 0 Å². The number of carbonyl (C=O) groups excluding carboxylic acids is 1. The summed E-state index contributed by atoms with van der Waals surface area (Å²) in [6, 6.07) is 6.35. The molecule has 0 bridgehead atoms. The molecule has 23 heavy (non-hydrogen) atoms. The van der Waals surface area contributed by atoms with Gasteiger partial charge in [-0.3, -0.25) is 14.4 Å². The number of hydrogen-bond donors (Lipinski definition) is 0. The van der Waals surface area contributed by atoms with Crippen LogP contribution < -0.4 is 0 Å². The van der Waals surface area contributed by atoms with Crippen molar-refractivity contribution in [2.45, 2.75) is 38.4 Å². The van der Waals surface area contributed by atoms with Crippen molar-refractivity contribution < 1.29 is 9.21 Å². The molecule has 0 N–H and O–H groups in total. The first-order valence-corrected chi connectivity index (χ1v) is 8.34. The molecule has 0 saturated carbocycles. The highest BCUT2D eigenvalue weighted by Gasteiger charge is 2.28. The van der Waals surface area contributed by atoms with Crippen LogP contribution in [-0.2, 0) is 17.9 Å². The second kappa shape index (κ2) is 6.20. The first-order chi connectivity index (χ1) is 11.3. The van der Waals surface area contributed by atoms with Gasteiger partial charge in [-0.1, -0.05) is 0 Å². The molecule has 4 rings (SSSR count). The highest BCUT2D eigenvalue weighted by Crippen LogP contribution is 2.25. The molecular weight excluding hydrogens is 292 g/mol. The molecule has 1 saturated heterocycles. The van der Waals surface area contributed by atoms with E-state index in [2.05, 4.69) is 20.7 Å². The lowest BCUT2D eigenvalue weighted by Gasteiger charge is -2.34. The van der Waals surface area contributed by atoms with Gasteiger partial charge < -0.3 is 9.32 Å². The molecule has 0 radical (unpaired) electrons. The number of carbonyl (C=O) groups is 1. The van der Waals surface area contributed by atoms with E-state index in [9.17, 15) is 4.79 Å². The molecule has 2 aromatic rings. The third-order valence-corrected chi connectivity index (χ3v) is 4.82. The van der Waals surface area contributed by atoms with E-state index in [1.54, 1.807) is 6.26 Å². The maximum Gasteiger partial charge on any atom is 0.222 e. The quantitative estimate of drug-likeness (QED) is 0.847. The molecule has 1 fully saturated rings. The lowest BCUT2D eigenvalue weighted by atomic mass is 10.1. The fraction of sp³-hybridized carbons (Fsp3) is 0.529. The molecule has 6 heteroatoms. The van der Waals surface area contributed by atoms with Crippen molar-refractivity contribution in [3.63, 3.8) is 0 Å². The van der Waals surface area contributed by atoms with Crippen molar-refractivity contribution >= 4 is 5.91 Å². The second-order valence-electron chi connectivity index (χ2n) is 6.44. The van der Waals surface area contributed by atoms with Crippen molar-refractivity contribution in [3.05, 3.63) is 42.1 Å². The van der Waals surface area contributed by atoms with Crippen LogP contribution in [-0.4, -0.2) is 45.1 Å². The molecule has 2 aliphatic heterocycles. The molecule has 2 aliphatic rings. The number of hydrogen-bond acceptors (Lipinski definition) is 4. The maximum absolute atomic E-state index is 11.8. The highest BCUT2D eigenvalue weighted by molar-refractivity contribution is 5.77. The largest absolute Gasteiger partial charge is 0.468 e. The van der Waals surface area contributed by atoms with Gasteiger partial charge in [-0.25, -0.2) is 0 Å². The summed E-state index contributed by atoms with van der Waals surface area (Å²) in [5.74, 6) is 1.29. The van der Waals surface area contributed by atoms with E-state index >= 15 is 0 Å². The van der Waals surface area contributed by atoms with Crippen molar-refractivity contribution in [1.82, 2.24) is 19.6 Å². The van der Waals surface area contributed by atoms with Gasteiger partial charge in [0.05, 0.1) is 24.5 Å². The molecule has 122 valence electrons. The van der Waals surface area contributed by atoms with Crippen molar-refractivity contribution in [3.8, 4) is 0 Å². The molecular formula is C17H22N4O2. The minimum absolute atomic E-state index is 0.300. The van der Waals surface area contributed by atoms with E-state index in [0.717, 1.165) is 51.3 Å². The van der Waals surface area contributed by atoms with Crippen LogP contribution in [0.1, 0.15) is 36.8 Å². The van der Waals surface area contributed by atoms with Crippen LogP contribution in [0.3, 0.4) is 0 Å². The molecule has 0 aliphatic carbocycles. The number of fused-ring (bicyclic) bond motifs is 1. The summed E-state index contributed by atoms with van der Waals surface area (Å²) in [7, 11) is 0. The number of nitrogens with zero attached hydrogens (tertiary/aromatic N) is 4. The predicted molar refractivity (Wildman–Crippen MR) is 84.5 cm³/mol. The molecule has 2 aromatic heterocycles. The Kier molecular flexibility index (Phi) is 3.91. The fourth-order valence-electron chi connectivity index (χ4n) is 3.67. The summed E-state index contributed by atoms with van der Waals surface area (Å²) in [6.07, 6.45) is 6.26. The topological polar surface area (TPSA) is 54.5 Å². The summed E-state index contributed by atoms with van der Waals surface area (Å²) < 4.78 is 7.62. The van der Waals surface area contributed by atoms with Crippen LogP contribution in [0.2, 0.25) is 0 Å². The number of aromatic nitrogens is 2. The SMILES string of the molecule is O=C1CCCN1CC[C@@H]1CN(Cc2ccco2)Cc2ccnn21. The van der Waals surface area contributed by atoms with Crippen molar-refractivity contribution in [1.29, 1.82) is 0 Å². The summed E-state index contributed by atoms with van der Waals surface area (Å²) in [6.45, 7) is 4.39. The summed E-state index contributed by atoms with van der Waals surface area (Å²) >= 11 is 0. The van der Waals surface area contributed by atoms with Gasteiger partial charge in [0.1, 0.15) is 5.76 Å². The number of amides is 1. The molecule has 0 unspecified atom stereocenters. The Hall–Kier alpha value is -2.08. The molecule has 0 spiro atoms. The normalized spacial score (nSPS) is 21.8. The zero-order chi connectivity index (χ0) is 15.6. The summed E-state index contributed by atoms with van der Waals surface area (Å²) in [5, 5.41) is 4.50. The first-order valence-electron chi connectivity index (χ1n) is 8.34. The van der Waals surface area contributed by atoms with E-state index in [1.165, 1.54) is 5.69 Å². The highest BCUT2D eigenvalue weighted by atomic mass is 16.3. The van der Waals surface area contributed by atoms with Gasteiger partial charge in [-0.15, -0.1) is 0 Å². The Bertz CT molecular complexity index is 664. The first kappa shape index (κ1) is 14.5. The zero-order valence-electron chi connectivity index (χ0n) is 13.2. The smallest absolute Gasteiger partial charge is 0.222 e. The minimum atomic E-state index is 0.300. The Morgan fingerprint density at radius 3 is 3.09 bits per heavy atom. The number of furan rings is 1. The monoisotopic (exact) mass is 314 g/mol. The van der Waals surface area contributed by atoms with Crippen LogP contribution in [0.5, 0.6) is 0 Å². The van der Waals surface area contributed by atoms with Gasteiger partial charge in [0.15, 0.2) is 0 Å². The van der Waals surface area contributed by atoms with Gasteiger partial charge in [0.2, 0.25) is 5.91 Å². The third-order valence-electron chi connectivity index (χ3n) is 4.82. The summed E-state index contributed by atoms with van der Waals surface area (Å²) in [4.78, 5) is 16.2. The van der Waals surface area contributed by atoms with Gasteiger partial charge in [-0.2, -0.15) is 5.10 Å². The Morgan fingerprint density at radius 1 is 1.35 bits per heavy atom. The van der Waals surface area contributed by atoms with E-state index in [0.29, 0.717) is 18.4 Å². The van der Waals surface area contributed by atoms with Crippen molar-refractivity contribution in [2.24, 2.45) is 0 Å². The van der Waals surface area contributed by atoms with Crippen LogP contribution in [0.25, 0.3) is 0 Å². The average molecular weight is 314 g/mol. The molecule has 1 amide bonds. The van der Waals surface area contributed by atoms with Crippen LogP contribution in [0.15, 0.2) is 35.1 Å². The number of rotatable bonds is 5. The van der Waals surface area contributed by atoms with E-state index in [-0.39, 0.29) is 0 Å². The van der Waals surface area contributed by atoms with E-state index < -0.39 is 0 Å². The van der Waals surface area contributed by atoms with E-state index in [4.69, 9.17) is 4.42 Å². The maximum atomic E-state index is 11.8. The molecule has 0 aromatic carbocycles. The Morgan fingerprint density at radius 2 is 2.30 bits per heavy atom. The predicted octanol–water partition coefficient (Wildman–Crippen LogP) is 2.05. The minimum Gasteiger partial charge on any atom is -0.468 e. The van der Waals surface area contributed by atoms with E-state index in [1.807, 2.05) is 23.2 Å². The van der Waals surface area contributed by atoms with Crippen molar-refractivity contribution in [2.75, 3.05) is 19.6 Å². The average Bonchev–Trinajstić information content (AvgIpc) is 3.27. The number of likely N-dealkylation sites (tertiary alicyclic amines) is 1. The standard InChI is InChI=1S/C17H22N4O2/c22-17-4-1-8-20(17)9-6-15-12-19(13-16-3-2-10-23-16)11-14-5-7-18-21(14)15/h2-3,5,7,10,15H,1,4,6,8-9,11-13H2/t15-/m1/s1. The second-order valence-corrected chi connectivity index (χ2v) is 6.44. The fourth-order valence-corrected chi connectivity index (χ4v) is 3.67. The van der Waals surface area contributed by atoms with Crippen LogP contribution in [0.4, 0.5) is 0 Å². The molecule has 1 atom stereocenters. The van der Waals surface area contributed by atoms with Crippen LogP contribution in [0, 0.1) is 0 Å². The van der Waals surface area contributed by atoms with Gasteiger partial charge >= 0.3 is 0 Å². The molecule has 4 heterocycles. The lowest BCUT2D eigenvalue weighted by Crippen LogP contribution is -2.39. The third kappa shape index (κ3) is 3.03. The molecule has 6 nitrogen and oxygen atoms in total. The Labute approximate surface area is 135 Å². The zero-order valence-corrected chi connectivity index (χ0v) is 13.2.